The maximum Gasteiger partial charge on any atom is 0.398 e. The molecule has 54 heavy (non-hydrogen) atoms. The fourth-order valence-electron chi connectivity index (χ4n) is 5.67. The van der Waals surface area contributed by atoms with Crippen molar-refractivity contribution in [3.8, 4) is 0 Å². The van der Waals surface area contributed by atoms with Gasteiger partial charge in [0.15, 0.2) is 6.10 Å². The lowest BCUT2D eigenvalue weighted by molar-refractivity contribution is -0.240. The number of sulfone groups is 1. The van der Waals surface area contributed by atoms with Crippen LogP contribution in [0.15, 0.2) is 157 Å². The summed E-state index contributed by atoms with van der Waals surface area (Å²) >= 11 is 0. The topological polar surface area (TPSA) is 149 Å². The summed E-state index contributed by atoms with van der Waals surface area (Å²) in [6.45, 7) is -0.980. The number of halogens is 2. The molecule has 0 spiro atoms. The number of carbonyl (C=O) groups excluding carboxylic acids is 4. The van der Waals surface area contributed by atoms with Crippen molar-refractivity contribution in [1.29, 1.82) is 0 Å². The highest BCUT2D eigenvalue weighted by Crippen LogP contribution is 2.52. The van der Waals surface area contributed by atoms with Gasteiger partial charge >= 0.3 is 29.1 Å². The van der Waals surface area contributed by atoms with Gasteiger partial charge < -0.3 is 23.7 Å². The number of hydrogen-bond acceptors (Lipinski definition) is 11. The largest absolute Gasteiger partial charge is 0.459 e. The Hall–Kier alpha value is -6.25. The van der Waals surface area contributed by atoms with Crippen LogP contribution < -0.4 is 0 Å². The minimum Gasteiger partial charge on any atom is -0.459 e. The van der Waals surface area contributed by atoms with Crippen LogP contribution in [-0.2, 0) is 33.5 Å². The Balaban J connectivity index is 1.56. The van der Waals surface area contributed by atoms with E-state index in [1.807, 2.05) is 0 Å². The molecule has 0 saturated carbocycles. The molecule has 0 aromatic heterocycles. The third-order valence-electron chi connectivity index (χ3n) is 8.38. The molecule has 0 radical (unpaired) electrons. The zero-order valence-electron chi connectivity index (χ0n) is 28.0. The Bertz CT molecular complexity index is 2210. The lowest BCUT2D eigenvalue weighted by Crippen LogP contribution is -2.68. The minimum absolute atomic E-state index is 0.0409. The highest BCUT2D eigenvalue weighted by Gasteiger charge is 2.81. The summed E-state index contributed by atoms with van der Waals surface area (Å²) in [4.78, 5) is 53.3. The van der Waals surface area contributed by atoms with Crippen LogP contribution in [0, 0.1) is 0 Å². The molecule has 1 fully saturated rings. The molecule has 0 aliphatic carbocycles. The average Bonchev–Trinajstić information content (AvgIpc) is 3.49. The molecule has 1 aliphatic heterocycles. The summed E-state index contributed by atoms with van der Waals surface area (Å²) in [5.74, 6) is -5.08. The van der Waals surface area contributed by atoms with Gasteiger partial charge in [-0.25, -0.2) is 27.6 Å². The number of rotatable bonds is 12. The van der Waals surface area contributed by atoms with E-state index in [2.05, 4.69) is 0 Å². The van der Waals surface area contributed by atoms with E-state index in [9.17, 15) is 27.6 Å². The molecule has 6 rings (SSSR count). The predicted octanol–water partition coefficient (Wildman–Crippen LogP) is 6.31. The summed E-state index contributed by atoms with van der Waals surface area (Å²) in [5, 5.41) is -5.31. The van der Waals surface area contributed by atoms with Gasteiger partial charge in [-0.3, -0.25) is 0 Å². The summed E-state index contributed by atoms with van der Waals surface area (Å²) in [7, 11) is -5.95. The third kappa shape index (κ3) is 7.34. The van der Waals surface area contributed by atoms with Crippen LogP contribution in [0.2, 0.25) is 0 Å². The first-order valence-corrected chi connectivity index (χ1v) is 17.8. The molecule has 0 bridgehead atoms. The zero-order valence-corrected chi connectivity index (χ0v) is 28.8. The van der Waals surface area contributed by atoms with E-state index in [-0.39, 0.29) is 22.3 Å². The fraction of sp³-hybridized carbons (Fsp3) is 0.150. The van der Waals surface area contributed by atoms with Crippen LogP contribution in [0.5, 0.6) is 0 Å². The summed E-state index contributed by atoms with van der Waals surface area (Å²) in [6.07, 6.45) is -7.46. The molecule has 0 amide bonds. The van der Waals surface area contributed by atoms with Crippen molar-refractivity contribution in [3.05, 3.63) is 174 Å². The van der Waals surface area contributed by atoms with Gasteiger partial charge in [0.25, 0.3) is 11.9 Å². The molecule has 1 saturated heterocycles. The van der Waals surface area contributed by atoms with Crippen LogP contribution in [0.3, 0.4) is 0 Å². The third-order valence-corrected chi connectivity index (χ3v) is 10.3. The van der Waals surface area contributed by atoms with Gasteiger partial charge in [-0.2, -0.15) is 8.78 Å². The second kappa shape index (κ2) is 15.8. The number of benzene rings is 5. The smallest absolute Gasteiger partial charge is 0.398 e. The lowest BCUT2D eigenvalue weighted by Gasteiger charge is -2.41. The van der Waals surface area contributed by atoms with E-state index in [4.69, 9.17) is 23.7 Å². The first kappa shape index (κ1) is 37.5. The van der Waals surface area contributed by atoms with Crippen LogP contribution >= 0.6 is 0 Å². The molecule has 5 aromatic carbocycles. The fourth-order valence-corrected chi connectivity index (χ4v) is 7.16. The Morgan fingerprint density at radius 3 is 1.43 bits per heavy atom. The van der Waals surface area contributed by atoms with Crippen molar-refractivity contribution >= 4 is 33.7 Å². The molecule has 4 atom stereocenters. The molecule has 1 heterocycles. The van der Waals surface area contributed by atoms with Gasteiger partial charge in [-0.1, -0.05) is 91.0 Å². The quantitative estimate of drug-likeness (QED) is 0.104. The Kier molecular flexibility index (Phi) is 11.0. The van der Waals surface area contributed by atoms with E-state index >= 15 is 8.78 Å². The summed E-state index contributed by atoms with van der Waals surface area (Å²) in [6, 6.07) is 33.7. The van der Waals surface area contributed by atoms with Gasteiger partial charge in [0.1, 0.15) is 12.7 Å². The Morgan fingerprint density at radius 1 is 0.574 bits per heavy atom. The average molecular weight is 757 g/mol. The second-order valence-corrected chi connectivity index (χ2v) is 13.8. The number of hydrogen-bond donors (Lipinski definition) is 0. The van der Waals surface area contributed by atoms with Crippen LogP contribution in [0.25, 0.3) is 0 Å². The zero-order chi connectivity index (χ0) is 38.3. The van der Waals surface area contributed by atoms with Crippen LogP contribution in [-0.4, -0.2) is 68.3 Å². The van der Waals surface area contributed by atoms with Crippen molar-refractivity contribution in [2.24, 2.45) is 0 Å². The normalized spacial score (nSPS) is 19.6. The van der Waals surface area contributed by atoms with E-state index in [1.165, 1.54) is 121 Å². The maximum absolute atomic E-state index is 17.7. The van der Waals surface area contributed by atoms with Gasteiger partial charge in [0.2, 0.25) is 9.84 Å². The second-order valence-electron chi connectivity index (χ2n) is 11.8. The molecular weight excluding hydrogens is 726 g/mol. The molecule has 14 heteroatoms. The van der Waals surface area contributed by atoms with Crippen molar-refractivity contribution in [2.45, 2.75) is 34.2 Å². The highest BCUT2D eigenvalue weighted by atomic mass is 32.2. The molecule has 276 valence electrons. The van der Waals surface area contributed by atoms with Crippen LogP contribution in [0.1, 0.15) is 41.4 Å². The van der Waals surface area contributed by atoms with Crippen LogP contribution in [0.4, 0.5) is 8.78 Å². The monoisotopic (exact) mass is 756 g/mol. The van der Waals surface area contributed by atoms with Gasteiger partial charge in [-0.15, -0.1) is 0 Å². The van der Waals surface area contributed by atoms with E-state index < -0.39 is 74.6 Å². The van der Waals surface area contributed by atoms with Gasteiger partial charge in [-0.05, 0) is 60.7 Å². The summed E-state index contributed by atoms with van der Waals surface area (Å²) in [5.41, 5.74) is -4.65. The minimum atomic E-state index is -5.95. The summed E-state index contributed by atoms with van der Waals surface area (Å²) < 4.78 is 91.8. The molecule has 11 nitrogen and oxygen atoms in total. The van der Waals surface area contributed by atoms with Crippen molar-refractivity contribution in [3.63, 3.8) is 0 Å². The molecule has 0 unspecified atom stereocenters. The number of alkyl halides is 2. The number of carbonyl (C=O) groups is 4. The maximum atomic E-state index is 17.7. The predicted molar refractivity (Wildman–Crippen MR) is 186 cm³/mol. The highest BCUT2D eigenvalue weighted by molar-refractivity contribution is 7.92. The van der Waals surface area contributed by atoms with Gasteiger partial charge in [0, 0.05) is 0 Å². The van der Waals surface area contributed by atoms with Crippen molar-refractivity contribution in [2.75, 3.05) is 6.61 Å². The number of ether oxygens (including phenoxy) is 5. The molecule has 1 aliphatic rings. The Labute approximate surface area is 307 Å². The lowest BCUT2D eigenvalue weighted by atomic mass is 9.93. The Morgan fingerprint density at radius 2 is 0.963 bits per heavy atom. The van der Waals surface area contributed by atoms with Crippen molar-refractivity contribution < 1.29 is 60.1 Å². The first-order valence-electron chi connectivity index (χ1n) is 16.3. The SMILES string of the molecule is O=C(OC[C@H]1O[C@H](OC(=O)c2ccccc2)[C@@](OC(=O)c2ccccc2)(C(F)(F)S(=O)(=O)c2ccccc2)[C@@H]1OC(=O)c1ccccc1)c1ccccc1. The van der Waals surface area contributed by atoms with E-state index in [0.29, 0.717) is 0 Å². The van der Waals surface area contributed by atoms with Gasteiger partial charge in [0.05, 0.1) is 27.1 Å². The number of esters is 4. The standard InChI is InChI=1S/C40H30F2O11S/c41-40(42,54(47,48)31-24-14-5-15-25-31)39(53-37(46)30-22-12-4-13-23-30)33(51-35(44)28-18-8-2-9-19-28)32(26-49-34(43)27-16-6-1-7-17-27)50-38(39)52-36(45)29-20-10-3-11-21-29/h1-25,32-33,38H,26H2/t32-,33-,38-,39-/m1/s1. The van der Waals surface area contributed by atoms with E-state index in [0.717, 1.165) is 12.1 Å². The molecule has 5 aromatic rings. The van der Waals surface area contributed by atoms with Crippen molar-refractivity contribution in [1.82, 2.24) is 0 Å². The first-order chi connectivity index (χ1) is 26.0. The molecule has 0 N–H and O–H groups in total. The van der Waals surface area contributed by atoms with E-state index in [1.54, 1.807) is 18.2 Å². The molecular formula is C40H30F2O11S.